The largest absolute Gasteiger partial charge is 0.0876 e. The second-order valence-electron chi connectivity index (χ2n) is 10.8. The SMILES string of the molecule is C/C=C\C=c1\c(C)ccc2c1cc1c(-c3ccccc3)c3c4cccc5cccc(c3c(-c3ccccc3)c12)c54. The Morgan fingerprint density at radius 2 is 1.10 bits per heavy atom. The van der Waals surface area contributed by atoms with Crippen molar-refractivity contribution in [2.75, 3.05) is 0 Å². The average molecular weight is 509 g/mol. The van der Waals surface area contributed by atoms with Gasteiger partial charge < -0.3 is 0 Å². The Kier molecular flexibility index (Phi) is 5.06. The Morgan fingerprint density at radius 3 is 1.75 bits per heavy atom. The number of hydrogen-bond acceptors (Lipinski definition) is 0. The highest BCUT2D eigenvalue weighted by Crippen LogP contribution is 2.52. The molecule has 8 aromatic carbocycles. The lowest BCUT2D eigenvalue weighted by Crippen LogP contribution is -2.04. The van der Waals surface area contributed by atoms with Crippen molar-refractivity contribution in [1.29, 1.82) is 0 Å². The molecule has 0 aliphatic heterocycles. The number of allylic oxidation sites excluding steroid dienone is 2. The van der Waals surface area contributed by atoms with Crippen LogP contribution in [-0.2, 0) is 0 Å². The van der Waals surface area contributed by atoms with Crippen molar-refractivity contribution in [3.8, 4) is 22.3 Å². The fourth-order valence-electron chi connectivity index (χ4n) is 6.96. The van der Waals surface area contributed by atoms with Crippen molar-refractivity contribution in [2.24, 2.45) is 0 Å². The van der Waals surface area contributed by atoms with Gasteiger partial charge in [0.1, 0.15) is 0 Å². The third-order valence-electron chi connectivity index (χ3n) is 8.63. The van der Waals surface area contributed by atoms with Crippen LogP contribution in [0.3, 0.4) is 0 Å². The third kappa shape index (κ3) is 3.14. The summed E-state index contributed by atoms with van der Waals surface area (Å²) in [6.45, 7) is 4.30. The third-order valence-corrected chi connectivity index (χ3v) is 8.63. The van der Waals surface area contributed by atoms with E-state index in [0.29, 0.717) is 0 Å². The van der Waals surface area contributed by atoms with Gasteiger partial charge in [-0.3, -0.25) is 0 Å². The molecule has 0 amide bonds. The van der Waals surface area contributed by atoms with Crippen LogP contribution in [0.5, 0.6) is 0 Å². The first-order valence-electron chi connectivity index (χ1n) is 14.1. The molecule has 0 fully saturated rings. The zero-order valence-electron chi connectivity index (χ0n) is 22.7. The highest BCUT2D eigenvalue weighted by Gasteiger charge is 2.25. The molecule has 0 unspecified atom stereocenters. The molecule has 0 spiro atoms. The summed E-state index contributed by atoms with van der Waals surface area (Å²) < 4.78 is 0. The van der Waals surface area contributed by atoms with Crippen molar-refractivity contribution >= 4 is 59.9 Å². The monoisotopic (exact) mass is 508 g/mol. The number of hydrogen-bond donors (Lipinski definition) is 0. The van der Waals surface area contributed by atoms with Gasteiger partial charge in [0.25, 0.3) is 0 Å². The molecule has 0 saturated carbocycles. The fourth-order valence-corrected chi connectivity index (χ4v) is 6.96. The van der Waals surface area contributed by atoms with Gasteiger partial charge in [0.15, 0.2) is 0 Å². The molecule has 0 heterocycles. The molecule has 40 heavy (non-hydrogen) atoms. The number of aryl methyl sites for hydroxylation is 1. The minimum Gasteiger partial charge on any atom is -0.0876 e. The topological polar surface area (TPSA) is 0 Å². The highest BCUT2D eigenvalue weighted by molar-refractivity contribution is 6.42. The van der Waals surface area contributed by atoms with E-state index in [1.165, 1.54) is 86.9 Å². The van der Waals surface area contributed by atoms with E-state index >= 15 is 0 Å². The van der Waals surface area contributed by atoms with Gasteiger partial charge in [0.2, 0.25) is 0 Å². The first-order chi connectivity index (χ1) is 19.8. The molecular weight excluding hydrogens is 480 g/mol. The van der Waals surface area contributed by atoms with E-state index in [0.717, 1.165) is 0 Å². The zero-order chi connectivity index (χ0) is 26.8. The normalized spacial score (nSPS) is 12.8. The van der Waals surface area contributed by atoms with E-state index in [1.807, 2.05) is 0 Å². The lowest BCUT2D eigenvalue weighted by Gasteiger charge is -2.15. The predicted molar refractivity (Wildman–Crippen MR) is 175 cm³/mol. The van der Waals surface area contributed by atoms with Gasteiger partial charge in [-0.05, 0) is 107 Å². The smallest absolute Gasteiger partial charge is 0.000719 e. The Balaban J connectivity index is 1.76. The lowest BCUT2D eigenvalue weighted by molar-refractivity contribution is 1.46. The van der Waals surface area contributed by atoms with Crippen LogP contribution in [0.25, 0.3) is 82.2 Å². The van der Waals surface area contributed by atoms with Gasteiger partial charge in [0.05, 0.1) is 0 Å². The van der Waals surface area contributed by atoms with Gasteiger partial charge in [-0.15, -0.1) is 0 Å². The Labute approximate surface area is 233 Å². The number of fused-ring (bicyclic) bond motifs is 6. The molecule has 0 radical (unpaired) electrons. The van der Waals surface area contributed by atoms with E-state index in [1.54, 1.807) is 0 Å². The number of rotatable bonds is 3. The Hall–Kier alpha value is -4.94. The summed E-state index contributed by atoms with van der Waals surface area (Å²) in [4.78, 5) is 0. The number of benzene rings is 6. The average Bonchev–Trinajstić information content (AvgIpc) is 3.54. The molecular formula is C40H28. The Morgan fingerprint density at radius 1 is 0.475 bits per heavy atom. The van der Waals surface area contributed by atoms with E-state index in [4.69, 9.17) is 0 Å². The Bertz CT molecular complexity index is 2300. The maximum absolute atomic E-state index is 2.46. The first kappa shape index (κ1) is 23.0. The zero-order valence-corrected chi connectivity index (χ0v) is 22.7. The van der Waals surface area contributed by atoms with Crippen LogP contribution in [-0.4, -0.2) is 0 Å². The van der Waals surface area contributed by atoms with Crippen LogP contribution >= 0.6 is 0 Å². The summed E-state index contributed by atoms with van der Waals surface area (Å²) in [5, 5.41) is 14.7. The molecule has 0 saturated heterocycles. The second-order valence-corrected chi connectivity index (χ2v) is 10.8. The molecule has 0 aliphatic carbocycles. The van der Waals surface area contributed by atoms with Crippen LogP contribution in [0, 0.1) is 6.92 Å². The van der Waals surface area contributed by atoms with Crippen LogP contribution in [0.1, 0.15) is 12.5 Å². The van der Waals surface area contributed by atoms with Crippen LogP contribution in [0.4, 0.5) is 0 Å². The minimum atomic E-state index is 1.26. The standard InChI is InChI=1S/C40H28/c1-3-4-19-29-25(2)22-23-30-33(29)24-34-36(27-13-7-5-8-14-27)39-31-20-11-17-26-18-12-21-32(35(26)31)40(39)37(38(30)34)28-15-9-6-10-16-28/h3-24H,1-2H3/b4-3-,29-19-. The van der Waals surface area contributed by atoms with E-state index in [2.05, 4.69) is 147 Å². The maximum atomic E-state index is 2.46. The van der Waals surface area contributed by atoms with Gasteiger partial charge in [-0.1, -0.05) is 127 Å². The first-order valence-corrected chi connectivity index (χ1v) is 14.1. The van der Waals surface area contributed by atoms with Crippen LogP contribution < -0.4 is 5.22 Å². The van der Waals surface area contributed by atoms with Gasteiger partial charge in [0, 0.05) is 0 Å². The summed E-state index contributed by atoms with van der Waals surface area (Å²) in [5.74, 6) is 0. The molecule has 0 aromatic heterocycles. The van der Waals surface area contributed by atoms with Crippen LogP contribution in [0.2, 0.25) is 0 Å². The molecule has 0 heteroatoms. The molecule has 188 valence electrons. The highest BCUT2D eigenvalue weighted by atomic mass is 14.3. The van der Waals surface area contributed by atoms with E-state index in [-0.39, 0.29) is 0 Å². The molecule has 8 rings (SSSR count). The van der Waals surface area contributed by atoms with Crippen molar-refractivity contribution in [3.05, 3.63) is 138 Å². The van der Waals surface area contributed by atoms with Gasteiger partial charge in [-0.25, -0.2) is 0 Å². The van der Waals surface area contributed by atoms with Crippen molar-refractivity contribution in [3.63, 3.8) is 0 Å². The second kappa shape index (κ2) is 8.79. The lowest BCUT2D eigenvalue weighted by atomic mass is 9.88. The maximum Gasteiger partial charge on any atom is -0.000719 e. The summed E-state index contributed by atoms with van der Waals surface area (Å²) >= 11 is 0. The molecule has 0 N–H and O–H groups in total. The molecule has 0 atom stereocenters. The summed E-state index contributed by atoms with van der Waals surface area (Å²) in [7, 11) is 0. The fraction of sp³-hybridized carbons (Fsp3) is 0.0500. The summed E-state index contributed by atoms with van der Waals surface area (Å²) in [6, 6.07) is 42.7. The quantitative estimate of drug-likeness (QED) is 0.223. The molecule has 8 aromatic rings. The van der Waals surface area contributed by atoms with Gasteiger partial charge >= 0.3 is 0 Å². The van der Waals surface area contributed by atoms with Gasteiger partial charge in [-0.2, -0.15) is 0 Å². The molecule has 0 aliphatic rings. The molecule has 0 bridgehead atoms. The summed E-state index contributed by atoms with van der Waals surface area (Å²) in [5.41, 5.74) is 6.50. The van der Waals surface area contributed by atoms with E-state index < -0.39 is 0 Å². The summed E-state index contributed by atoms with van der Waals surface area (Å²) in [6.07, 6.45) is 6.54. The predicted octanol–water partition coefficient (Wildman–Crippen LogP) is 10.6. The van der Waals surface area contributed by atoms with E-state index in [9.17, 15) is 0 Å². The van der Waals surface area contributed by atoms with Crippen LogP contribution in [0.15, 0.2) is 127 Å². The van der Waals surface area contributed by atoms with Crippen molar-refractivity contribution in [2.45, 2.75) is 13.8 Å². The van der Waals surface area contributed by atoms with Crippen molar-refractivity contribution in [1.82, 2.24) is 0 Å². The minimum absolute atomic E-state index is 1.26. The van der Waals surface area contributed by atoms with Crippen molar-refractivity contribution < 1.29 is 0 Å². The molecule has 0 nitrogen and oxygen atoms in total.